The zero-order chi connectivity index (χ0) is 15.6. The van der Waals surface area contributed by atoms with Gasteiger partial charge in [0.2, 0.25) is 0 Å². The van der Waals surface area contributed by atoms with Crippen molar-refractivity contribution in [3.8, 4) is 0 Å². The molecule has 1 fully saturated rings. The molecule has 0 aromatic heterocycles. The van der Waals surface area contributed by atoms with E-state index >= 15 is 0 Å². The first-order valence-electron chi connectivity index (χ1n) is 8.34. The molecular weight excluding hydrogens is 320 g/mol. The van der Waals surface area contributed by atoms with Gasteiger partial charge in [0.05, 0.1) is 12.6 Å². The lowest BCUT2D eigenvalue weighted by Gasteiger charge is -2.35. The highest BCUT2D eigenvalue weighted by Gasteiger charge is 2.24. The van der Waals surface area contributed by atoms with Crippen LogP contribution in [0.3, 0.4) is 0 Å². The summed E-state index contributed by atoms with van der Waals surface area (Å²) in [7, 11) is 0. The molecule has 0 amide bonds. The van der Waals surface area contributed by atoms with Gasteiger partial charge in [0.25, 0.3) is 0 Å². The molecule has 1 atom stereocenters. The number of rotatable bonds is 3. The molecule has 0 aliphatic carbocycles. The summed E-state index contributed by atoms with van der Waals surface area (Å²) in [6, 6.07) is 19.3. The molecule has 24 heavy (non-hydrogen) atoms. The first kappa shape index (κ1) is 17.2. The summed E-state index contributed by atoms with van der Waals surface area (Å²) in [5, 5.41) is 18.6. The third-order valence-corrected chi connectivity index (χ3v) is 4.91. The highest BCUT2D eigenvalue weighted by molar-refractivity contribution is 6.02. The Kier molecular flexibility index (Phi) is 5.36. The van der Waals surface area contributed by atoms with Crippen molar-refractivity contribution in [1.82, 2.24) is 10.2 Å². The highest BCUT2D eigenvalue weighted by Crippen LogP contribution is 2.35. The molecule has 1 aliphatic rings. The quantitative estimate of drug-likeness (QED) is 0.716. The van der Waals surface area contributed by atoms with Crippen molar-refractivity contribution in [1.29, 1.82) is 0 Å². The van der Waals surface area contributed by atoms with E-state index in [0.29, 0.717) is 0 Å². The Hall–Kier alpha value is -1.65. The van der Waals surface area contributed by atoms with E-state index in [1.54, 1.807) is 0 Å². The van der Waals surface area contributed by atoms with Crippen molar-refractivity contribution >= 4 is 34.0 Å². The number of nitrogens with zero attached hydrogens (tertiary/aromatic N) is 1. The summed E-state index contributed by atoms with van der Waals surface area (Å²) in [5.41, 5.74) is 1.27. The molecular formula is C20H23ClN2O. The molecule has 1 aliphatic heterocycles. The van der Waals surface area contributed by atoms with Crippen LogP contribution in [-0.4, -0.2) is 42.8 Å². The van der Waals surface area contributed by atoms with Crippen LogP contribution >= 0.6 is 12.4 Å². The van der Waals surface area contributed by atoms with E-state index in [9.17, 15) is 5.11 Å². The van der Waals surface area contributed by atoms with E-state index in [1.165, 1.54) is 27.1 Å². The van der Waals surface area contributed by atoms with Crippen molar-refractivity contribution in [2.75, 3.05) is 32.8 Å². The molecule has 3 aromatic rings. The number of benzene rings is 3. The monoisotopic (exact) mass is 342 g/mol. The molecule has 2 N–H and O–H groups in total. The van der Waals surface area contributed by atoms with Gasteiger partial charge >= 0.3 is 0 Å². The maximum Gasteiger partial charge on any atom is 0.0629 e. The fraction of sp³-hybridized carbons (Fsp3) is 0.300. The zero-order valence-corrected chi connectivity index (χ0v) is 14.4. The van der Waals surface area contributed by atoms with Gasteiger partial charge in [-0.15, -0.1) is 12.4 Å². The van der Waals surface area contributed by atoms with E-state index in [1.807, 2.05) is 0 Å². The largest absolute Gasteiger partial charge is 0.394 e. The van der Waals surface area contributed by atoms with E-state index < -0.39 is 0 Å². The maximum absolute atomic E-state index is 10.2. The normalized spacial score (nSPS) is 16.9. The summed E-state index contributed by atoms with van der Waals surface area (Å²) in [5.74, 6) is 0. The zero-order valence-electron chi connectivity index (χ0n) is 13.6. The Morgan fingerprint density at radius 2 is 1.46 bits per heavy atom. The van der Waals surface area contributed by atoms with E-state index in [2.05, 4.69) is 64.8 Å². The number of nitrogens with one attached hydrogen (secondary N) is 1. The third kappa shape index (κ3) is 3.01. The molecule has 3 nitrogen and oxygen atoms in total. The third-order valence-electron chi connectivity index (χ3n) is 4.91. The fourth-order valence-electron chi connectivity index (χ4n) is 3.79. The predicted octanol–water partition coefficient (Wildman–Crippen LogP) is 3.35. The number of hydrogen-bond donors (Lipinski definition) is 2. The van der Waals surface area contributed by atoms with E-state index in [-0.39, 0.29) is 25.1 Å². The first-order valence-corrected chi connectivity index (χ1v) is 8.34. The van der Waals surface area contributed by atoms with Crippen LogP contribution in [0.1, 0.15) is 11.6 Å². The molecule has 4 rings (SSSR count). The summed E-state index contributed by atoms with van der Waals surface area (Å²) < 4.78 is 0. The summed E-state index contributed by atoms with van der Waals surface area (Å²) in [6.45, 7) is 4.07. The van der Waals surface area contributed by atoms with Crippen molar-refractivity contribution < 1.29 is 5.11 Å². The van der Waals surface area contributed by atoms with Crippen LogP contribution in [0.25, 0.3) is 21.5 Å². The van der Waals surface area contributed by atoms with Gasteiger partial charge in [0.1, 0.15) is 0 Å². The second-order valence-electron chi connectivity index (χ2n) is 6.22. The molecule has 1 heterocycles. The molecule has 0 saturated carbocycles. The van der Waals surface area contributed by atoms with Gasteiger partial charge in [-0.25, -0.2) is 0 Å². The number of aliphatic hydroxyl groups excluding tert-OH is 1. The molecule has 0 unspecified atom stereocenters. The van der Waals surface area contributed by atoms with Gasteiger partial charge in [0, 0.05) is 26.2 Å². The lowest BCUT2D eigenvalue weighted by molar-refractivity contribution is 0.112. The standard InChI is InChI=1S/C20H22N2O.ClH/c23-14-19(22-11-9-21-10-12-22)20-17-7-3-1-5-15(17)13-16-6-2-4-8-18(16)20;/h1-8,13,19,21,23H,9-12,14H2;1H/t19-;/m1./s1. The minimum Gasteiger partial charge on any atom is -0.394 e. The van der Waals surface area contributed by atoms with Crippen LogP contribution in [0.2, 0.25) is 0 Å². The van der Waals surface area contributed by atoms with E-state index in [4.69, 9.17) is 0 Å². The van der Waals surface area contributed by atoms with E-state index in [0.717, 1.165) is 26.2 Å². The van der Waals surface area contributed by atoms with Crippen LogP contribution in [0.4, 0.5) is 0 Å². The number of fused-ring (bicyclic) bond motifs is 2. The Labute approximate surface area is 148 Å². The second-order valence-corrected chi connectivity index (χ2v) is 6.22. The Morgan fingerprint density at radius 1 is 0.917 bits per heavy atom. The molecule has 4 heteroatoms. The Balaban J connectivity index is 0.00000169. The van der Waals surface area contributed by atoms with Gasteiger partial charge in [-0.3, -0.25) is 4.90 Å². The smallest absolute Gasteiger partial charge is 0.0629 e. The molecule has 0 spiro atoms. The number of aliphatic hydroxyl groups is 1. The Bertz CT molecular complexity index is 776. The summed E-state index contributed by atoms with van der Waals surface area (Å²) in [4.78, 5) is 2.41. The van der Waals surface area contributed by atoms with Gasteiger partial charge < -0.3 is 10.4 Å². The molecule has 0 radical (unpaired) electrons. The van der Waals surface area contributed by atoms with Gasteiger partial charge in [-0.2, -0.15) is 0 Å². The number of hydrogen-bond acceptors (Lipinski definition) is 3. The minimum absolute atomic E-state index is 0. The van der Waals surface area contributed by atoms with Crippen molar-refractivity contribution in [3.63, 3.8) is 0 Å². The first-order chi connectivity index (χ1) is 11.4. The van der Waals surface area contributed by atoms with Crippen LogP contribution < -0.4 is 5.32 Å². The van der Waals surface area contributed by atoms with Crippen molar-refractivity contribution in [2.45, 2.75) is 6.04 Å². The average molecular weight is 343 g/mol. The van der Waals surface area contributed by atoms with Crippen molar-refractivity contribution in [2.24, 2.45) is 0 Å². The van der Waals surface area contributed by atoms with Crippen LogP contribution in [0.15, 0.2) is 54.6 Å². The summed E-state index contributed by atoms with van der Waals surface area (Å²) >= 11 is 0. The minimum atomic E-state index is 0. The number of halogens is 1. The van der Waals surface area contributed by atoms with Crippen LogP contribution in [0, 0.1) is 0 Å². The van der Waals surface area contributed by atoms with Gasteiger partial charge in [-0.1, -0.05) is 48.5 Å². The Morgan fingerprint density at radius 3 is 2.00 bits per heavy atom. The topological polar surface area (TPSA) is 35.5 Å². The molecule has 3 aromatic carbocycles. The predicted molar refractivity (Wildman–Crippen MR) is 103 cm³/mol. The molecule has 0 bridgehead atoms. The van der Waals surface area contributed by atoms with Crippen LogP contribution in [0.5, 0.6) is 0 Å². The summed E-state index contributed by atoms with van der Waals surface area (Å²) in [6.07, 6.45) is 0. The lowest BCUT2D eigenvalue weighted by Crippen LogP contribution is -2.46. The average Bonchev–Trinajstić information content (AvgIpc) is 2.62. The van der Waals surface area contributed by atoms with Crippen molar-refractivity contribution in [3.05, 3.63) is 60.2 Å². The van der Waals surface area contributed by atoms with Crippen LogP contribution in [-0.2, 0) is 0 Å². The SMILES string of the molecule is Cl.OC[C@H](c1c2ccccc2cc2ccccc12)N1CCNCC1. The second kappa shape index (κ2) is 7.49. The fourth-order valence-corrected chi connectivity index (χ4v) is 3.79. The molecule has 1 saturated heterocycles. The lowest BCUT2D eigenvalue weighted by atomic mass is 9.91. The van der Waals surface area contributed by atoms with Gasteiger partial charge in [-0.05, 0) is 33.2 Å². The maximum atomic E-state index is 10.2. The number of piperazine rings is 1. The van der Waals surface area contributed by atoms with Gasteiger partial charge in [0.15, 0.2) is 0 Å². The highest BCUT2D eigenvalue weighted by atomic mass is 35.5. The molecule has 126 valence electrons.